The fourth-order valence-corrected chi connectivity index (χ4v) is 2.29. The van der Waals surface area contributed by atoms with Gasteiger partial charge in [0.15, 0.2) is 0 Å². The van der Waals surface area contributed by atoms with Crippen molar-refractivity contribution in [2.45, 2.75) is 18.9 Å². The molecule has 1 saturated heterocycles. The van der Waals surface area contributed by atoms with E-state index in [4.69, 9.17) is 22.7 Å². The molecule has 0 spiro atoms. The van der Waals surface area contributed by atoms with Gasteiger partial charge in [0.05, 0.1) is 6.10 Å². The number of rotatable bonds is 5. The third-order valence-corrected chi connectivity index (χ3v) is 3.61. The number of aliphatic hydroxyl groups is 1. The van der Waals surface area contributed by atoms with E-state index >= 15 is 0 Å². The van der Waals surface area contributed by atoms with Crippen molar-refractivity contribution in [2.24, 2.45) is 5.73 Å². The molecule has 1 fully saturated rings. The van der Waals surface area contributed by atoms with Crippen LogP contribution >= 0.6 is 12.2 Å². The van der Waals surface area contributed by atoms with Gasteiger partial charge in [0.1, 0.15) is 17.3 Å². The summed E-state index contributed by atoms with van der Waals surface area (Å²) in [6.07, 6.45) is 1.61. The molecule has 1 aromatic carbocycles. The van der Waals surface area contributed by atoms with E-state index in [1.165, 1.54) is 0 Å². The SMILES string of the molecule is NC(=S)c1ccc(OCCN2CCC(O)CC2)cc1. The van der Waals surface area contributed by atoms with Gasteiger partial charge in [-0.3, -0.25) is 4.90 Å². The standard InChI is InChI=1S/C14H20N2O2S/c15-14(19)11-1-3-13(4-2-11)18-10-9-16-7-5-12(17)6-8-16/h1-4,12,17H,5-10H2,(H2,15,19). The van der Waals surface area contributed by atoms with Gasteiger partial charge in [-0.15, -0.1) is 0 Å². The number of nitrogens with zero attached hydrogens (tertiary/aromatic N) is 1. The number of hydrogen-bond acceptors (Lipinski definition) is 4. The van der Waals surface area contributed by atoms with E-state index in [9.17, 15) is 5.11 Å². The minimum absolute atomic E-state index is 0.121. The van der Waals surface area contributed by atoms with Crippen molar-refractivity contribution in [3.63, 3.8) is 0 Å². The molecule has 1 heterocycles. The van der Waals surface area contributed by atoms with Crippen LogP contribution in [-0.4, -0.2) is 47.3 Å². The Balaban J connectivity index is 1.72. The molecule has 0 atom stereocenters. The van der Waals surface area contributed by atoms with Crippen molar-refractivity contribution in [3.05, 3.63) is 29.8 Å². The van der Waals surface area contributed by atoms with Crippen molar-refractivity contribution in [2.75, 3.05) is 26.2 Å². The molecule has 3 N–H and O–H groups in total. The molecule has 0 aliphatic carbocycles. The van der Waals surface area contributed by atoms with E-state index in [1.54, 1.807) is 0 Å². The van der Waals surface area contributed by atoms with Crippen LogP contribution in [0.4, 0.5) is 0 Å². The van der Waals surface area contributed by atoms with E-state index in [2.05, 4.69) is 4.90 Å². The second kappa shape index (κ2) is 6.84. The molecule has 2 rings (SSSR count). The quantitative estimate of drug-likeness (QED) is 0.793. The van der Waals surface area contributed by atoms with Crippen molar-refractivity contribution in [1.29, 1.82) is 0 Å². The van der Waals surface area contributed by atoms with Gasteiger partial charge < -0.3 is 15.6 Å². The summed E-state index contributed by atoms with van der Waals surface area (Å²) in [4.78, 5) is 2.72. The van der Waals surface area contributed by atoms with Gasteiger partial charge in [-0.25, -0.2) is 0 Å². The molecular formula is C14H20N2O2S. The normalized spacial score (nSPS) is 17.3. The Morgan fingerprint density at radius 2 is 1.95 bits per heavy atom. The predicted molar refractivity (Wildman–Crippen MR) is 79.5 cm³/mol. The molecular weight excluding hydrogens is 260 g/mol. The summed E-state index contributed by atoms with van der Waals surface area (Å²) in [6.45, 7) is 3.45. The van der Waals surface area contributed by atoms with E-state index in [1.807, 2.05) is 24.3 Å². The lowest BCUT2D eigenvalue weighted by Gasteiger charge is -2.29. The molecule has 1 aliphatic rings. The predicted octanol–water partition coefficient (Wildman–Crippen LogP) is 1.16. The van der Waals surface area contributed by atoms with E-state index in [-0.39, 0.29) is 6.10 Å². The molecule has 19 heavy (non-hydrogen) atoms. The lowest BCUT2D eigenvalue weighted by atomic mass is 10.1. The zero-order chi connectivity index (χ0) is 13.7. The summed E-state index contributed by atoms with van der Waals surface area (Å²) >= 11 is 4.90. The van der Waals surface area contributed by atoms with Crippen LogP contribution in [0.25, 0.3) is 0 Å². The first-order valence-electron chi connectivity index (χ1n) is 6.58. The smallest absolute Gasteiger partial charge is 0.119 e. The average Bonchev–Trinajstić information content (AvgIpc) is 2.41. The second-order valence-electron chi connectivity index (χ2n) is 4.81. The molecule has 0 aromatic heterocycles. The average molecular weight is 280 g/mol. The number of piperidine rings is 1. The van der Waals surface area contributed by atoms with E-state index in [0.717, 1.165) is 43.8 Å². The zero-order valence-corrected chi connectivity index (χ0v) is 11.7. The molecule has 0 unspecified atom stereocenters. The fraction of sp³-hybridized carbons (Fsp3) is 0.500. The van der Waals surface area contributed by atoms with Crippen LogP contribution < -0.4 is 10.5 Å². The number of benzene rings is 1. The maximum Gasteiger partial charge on any atom is 0.119 e. The Morgan fingerprint density at radius 3 is 2.53 bits per heavy atom. The van der Waals surface area contributed by atoms with Crippen molar-refractivity contribution in [3.8, 4) is 5.75 Å². The van der Waals surface area contributed by atoms with Crippen LogP contribution in [-0.2, 0) is 0 Å². The van der Waals surface area contributed by atoms with Crippen LogP contribution in [0, 0.1) is 0 Å². The molecule has 5 heteroatoms. The summed E-state index contributed by atoms with van der Waals surface area (Å²) in [5.74, 6) is 0.831. The number of nitrogens with two attached hydrogens (primary N) is 1. The van der Waals surface area contributed by atoms with Crippen LogP contribution in [0.5, 0.6) is 5.75 Å². The molecule has 104 valence electrons. The number of hydrogen-bond donors (Lipinski definition) is 2. The van der Waals surface area contributed by atoms with Gasteiger partial charge in [-0.2, -0.15) is 0 Å². The third kappa shape index (κ3) is 4.45. The van der Waals surface area contributed by atoms with Gasteiger partial charge in [0.2, 0.25) is 0 Å². The summed E-state index contributed by atoms with van der Waals surface area (Å²) in [5.41, 5.74) is 6.39. The largest absolute Gasteiger partial charge is 0.492 e. The number of ether oxygens (including phenoxy) is 1. The zero-order valence-electron chi connectivity index (χ0n) is 10.9. The number of aliphatic hydroxyl groups excluding tert-OH is 1. The van der Waals surface area contributed by atoms with Gasteiger partial charge in [-0.05, 0) is 37.1 Å². The lowest BCUT2D eigenvalue weighted by molar-refractivity contribution is 0.0755. The molecule has 1 aliphatic heterocycles. The van der Waals surface area contributed by atoms with Crippen molar-refractivity contribution < 1.29 is 9.84 Å². The van der Waals surface area contributed by atoms with E-state index in [0.29, 0.717) is 11.6 Å². The summed E-state index contributed by atoms with van der Waals surface area (Å²) in [7, 11) is 0. The van der Waals surface area contributed by atoms with Gasteiger partial charge in [-0.1, -0.05) is 12.2 Å². The summed E-state index contributed by atoms with van der Waals surface area (Å²) in [5, 5.41) is 9.42. The maximum absolute atomic E-state index is 9.42. The molecule has 0 saturated carbocycles. The molecule has 0 bridgehead atoms. The van der Waals surface area contributed by atoms with E-state index < -0.39 is 0 Å². The van der Waals surface area contributed by atoms with Crippen LogP contribution in [0.15, 0.2) is 24.3 Å². The van der Waals surface area contributed by atoms with Crippen LogP contribution in [0.2, 0.25) is 0 Å². The minimum Gasteiger partial charge on any atom is -0.492 e. The first kappa shape index (κ1) is 14.2. The third-order valence-electron chi connectivity index (χ3n) is 3.37. The van der Waals surface area contributed by atoms with Gasteiger partial charge >= 0.3 is 0 Å². The number of thiocarbonyl (C=S) groups is 1. The summed E-state index contributed by atoms with van der Waals surface area (Å²) in [6, 6.07) is 7.51. The molecule has 1 aromatic rings. The fourth-order valence-electron chi connectivity index (χ4n) is 2.15. The maximum atomic E-state index is 9.42. The highest BCUT2D eigenvalue weighted by Gasteiger charge is 2.16. The number of likely N-dealkylation sites (tertiary alicyclic amines) is 1. The Labute approximate surface area is 119 Å². The minimum atomic E-state index is -0.121. The Morgan fingerprint density at radius 1 is 1.32 bits per heavy atom. The topological polar surface area (TPSA) is 58.7 Å². The molecule has 0 radical (unpaired) electrons. The highest BCUT2D eigenvalue weighted by molar-refractivity contribution is 7.80. The highest BCUT2D eigenvalue weighted by Crippen LogP contribution is 2.13. The van der Waals surface area contributed by atoms with Gasteiger partial charge in [0, 0.05) is 25.2 Å². The Kier molecular flexibility index (Phi) is 5.13. The Bertz CT molecular complexity index is 414. The Hall–Kier alpha value is -1.17. The van der Waals surface area contributed by atoms with Crippen LogP contribution in [0.1, 0.15) is 18.4 Å². The second-order valence-corrected chi connectivity index (χ2v) is 5.25. The van der Waals surface area contributed by atoms with Crippen LogP contribution in [0.3, 0.4) is 0 Å². The lowest BCUT2D eigenvalue weighted by Crippen LogP contribution is -2.38. The first-order chi connectivity index (χ1) is 9.15. The molecule has 0 amide bonds. The highest BCUT2D eigenvalue weighted by atomic mass is 32.1. The first-order valence-corrected chi connectivity index (χ1v) is 6.99. The summed E-state index contributed by atoms with van der Waals surface area (Å²) < 4.78 is 5.68. The monoisotopic (exact) mass is 280 g/mol. The van der Waals surface area contributed by atoms with Gasteiger partial charge in [0.25, 0.3) is 0 Å². The molecule has 4 nitrogen and oxygen atoms in total. The van der Waals surface area contributed by atoms with Crippen molar-refractivity contribution >= 4 is 17.2 Å². The van der Waals surface area contributed by atoms with Crippen molar-refractivity contribution in [1.82, 2.24) is 4.90 Å².